The van der Waals surface area contributed by atoms with Gasteiger partial charge < -0.3 is 20.7 Å². The lowest BCUT2D eigenvalue weighted by molar-refractivity contribution is -0.132. The molecule has 0 aliphatic heterocycles. The van der Waals surface area contributed by atoms with Crippen LogP contribution < -0.4 is 10.6 Å². The van der Waals surface area contributed by atoms with Crippen LogP contribution in [-0.4, -0.2) is 39.0 Å². The number of aryl methyl sites for hydroxylation is 1. The molecule has 0 saturated carbocycles. The van der Waals surface area contributed by atoms with Gasteiger partial charge in [-0.1, -0.05) is 18.2 Å². The summed E-state index contributed by atoms with van der Waals surface area (Å²) in [5, 5.41) is 15.2. The molecule has 2 aromatic carbocycles. The Morgan fingerprint density at radius 1 is 1.10 bits per heavy atom. The molecule has 31 heavy (non-hydrogen) atoms. The van der Waals surface area contributed by atoms with E-state index in [4.69, 9.17) is 0 Å². The molecule has 9 heteroatoms. The lowest BCUT2D eigenvalue weighted by Gasteiger charge is -2.22. The molecule has 1 heterocycles. The van der Waals surface area contributed by atoms with E-state index in [1.807, 2.05) is 0 Å². The average Bonchev–Trinajstić information content (AvgIpc) is 3.17. The molecule has 0 aliphatic carbocycles. The van der Waals surface area contributed by atoms with Crippen molar-refractivity contribution >= 4 is 22.8 Å². The molecule has 3 atom stereocenters. The summed E-state index contributed by atoms with van der Waals surface area (Å²) in [6, 6.07) is 8.51. The Morgan fingerprint density at radius 3 is 2.45 bits per heavy atom. The van der Waals surface area contributed by atoms with Gasteiger partial charge in [-0.2, -0.15) is 0 Å². The summed E-state index contributed by atoms with van der Waals surface area (Å²) in [5.74, 6) is -1.52. The number of aliphatic hydroxyl groups is 1. The fraction of sp³-hybridized carbons (Fsp3) is 0.318. The maximum absolute atomic E-state index is 13.8. The average molecular weight is 430 g/mol. The first-order valence-electron chi connectivity index (χ1n) is 9.91. The van der Waals surface area contributed by atoms with Crippen LogP contribution in [0.2, 0.25) is 0 Å². The Balaban J connectivity index is 1.60. The summed E-state index contributed by atoms with van der Waals surface area (Å²) in [6.07, 6.45) is -0.711. The van der Waals surface area contributed by atoms with Gasteiger partial charge in [0.15, 0.2) is 5.82 Å². The molecular formula is C22H24F2N4O3. The van der Waals surface area contributed by atoms with Gasteiger partial charge in [0.25, 0.3) is 0 Å². The molecule has 0 aliphatic rings. The molecule has 4 N–H and O–H groups in total. The first-order valence-corrected chi connectivity index (χ1v) is 9.91. The number of aromatic nitrogens is 2. The number of hydrogen-bond acceptors (Lipinski definition) is 4. The minimum absolute atomic E-state index is 0.0700. The number of H-pyrrole nitrogens is 1. The third kappa shape index (κ3) is 5.64. The number of halogens is 2. The number of para-hydroxylation sites is 1. The highest BCUT2D eigenvalue weighted by atomic mass is 19.1. The van der Waals surface area contributed by atoms with E-state index in [1.165, 1.54) is 25.1 Å². The molecule has 3 rings (SSSR count). The zero-order chi connectivity index (χ0) is 22.5. The van der Waals surface area contributed by atoms with Gasteiger partial charge in [0.2, 0.25) is 11.8 Å². The van der Waals surface area contributed by atoms with Gasteiger partial charge in [-0.15, -0.1) is 0 Å². The van der Waals surface area contributed by atoms with Gasteiger partial charge in [0.05, 0.1) is 17.7 Å². The molecule has 0 bridgehead atoms. The largest absolute Gasteiger partial charge is 0.391 e. The number of carbonyl (C=O) groups is 2. The predicted molar refractivity (Wildman–Crippen MR) is 111 cm³/mol. The van der Waals surface area contributed by atoms with Crippen molar-refractivity contribution in [1.82, 2.24) is 20.6 Å². The van der Waals surface area contributed by atoms with Gasteiger partial charge in [-0.3, -0.25) is 9.59 Å². The normalized spacial score (nSPS) is 14.1. The van der Waals surface area contributed by atoms with Crippen LogP contribution in [0.5, 0.6) is 0 Å². The van der Waals surface area contributed by atoms with Crippen molar-refractivity contribution in [2.24, 2.45) is 0 Å². The first-order chi connectivity index (χ1) is 14.7. The number of nitrogens with zero attached hydrogens (tertiary/aromatic N) is 1. The number of nitrogens with one attached hydrogen (secondary N) is 3. The number of fused-ring (bicyclic) bond motifs is 1. The van der Waals surface area contributed by atoms with Crippen molar-refractivity contribution in [3.63, 3.8) is 0 Å². The van der Waals surface area contributed by atoms with Crippen LogP contribution >= 0.6 is 0 Å². The molecule has 0 saturated heterocycles. The van der Waals surface area contributed by atoms with Crippen LogP contribution in [0.25, 0.3) is 11.0 Å². The maximum Gasteiger partial charge on any atom is 0.245 e. The van der Waals surface area contributed by atoms with E-state index in [-0.39, 0.29) is 17.8 Å². The number of aliphatic hydroxyl groups excluding tert-OH is 1. The molecule has 0 unspecified atom stereocenters. The number of rotatable bonds is 8. The molecule has 164 valence electrons. The van der Waals surface area contributed by atoms with Gasteiger partial charge in [0.1, 0.15) is 23.2 Å². The van der Waals surface area contributed by atoms with Crippen molar-refractivity contribution in [1.29, 1.82) is 0 Å². The molecule has 0 fully saturated rings. The Kier molecular flexibility index (Phi) is 6.96. The number of imidazole rings is 1. The highest BCUT2D eigenvalue weighted by Gasteiger charge is 2.27. The Morgan fingerprint density at radius 2 is 1.81 bits per heavy atom. The van der Waals surface area contributed by atoms with E-state index >= 15 is 0 Å². The Bertz CT molecular complexity index is 1070. The van der Waals surface area contributed by atoms with Gasteiger partial charge in [0, 0.05) is 6.42 Å². The SMILES string of the molecule is C[C@H](NC(=O)[C@@H](NC(=O)CCc1ccc(F)cc1)[C@@H](C)O)c1nc2c(F)cccc2[nH]1. The zero-order valence-corrected chi connectivity index (χ0v) is 17.2. The van der Waals surface area contributed by atoms with Crippen LogP contribution in [0.1, 0.15) is 37.7 Å². The standard InChI is InChI=1S/C22H24F2N4O3/c1-12(21-26-17-5-3-4-16(24)20(17)28-21)25-22(31)19(13(2)29)27-18(30)11-8-14-6-9-15(23)10-7-14/h3-7,9-10,12-13,19,29H,8,11H2,1-2H3,(H,25,31)(H,26,28)(H,27,30)/t12-,13+,19-/m0/s1. The molecule has 0 spiro atoms. The zero-order valence-electron chi connectivity index (χ0n) is 17.2. The minimum atomic E-state index is -1.18. The topological polar surface area (TPSA) is 107 Å². The molecular weight excluding hydrogens is 406 g/mol. The number of hydrogen-bond donors (Lipinski definition) is 4. The second kappa shape index (κ2) is 9.65. The fourth-order valence-corrected chi connectivity index (χ4v) is 3.15. The third-order valence-corrected chi connectivity index (χ3v) is 4.89. The quantitative estimate of drug-likeness (QED) is 0.441. The maximum atomic E-state index is 13.8. The molecule has 1 aromatic heterocycles. The fourth-order valence-electron chi connectivity index (χ4n) is 3.15. The second-order valence-electron chi connectivity index (χ2n) is 7.40. The second-order valence-corrected chi connectivity index (χ2v) is 7.40. The molecule has 2 amide bonds. The first kappa shape index (κ1) is 22.4. The van der Waals surface area contributed by atoms with Crippen molar-refractivity contribution < 1.29 is 23.5 Å². The summed E-state index contributed by atoms with van der Waals surface area (Å²) >= 11 is 0. The molecule has 7 nitrogen and oxygen atoms in total. The van der Waals surface area contributed by atoms with E-state index in [0.717, 1.165) is 5.56 Å². The molecule has 0 radical (unpaired) electrons. The van der Waals surface area contributed by atoms with Crippen LogP contribution in [0, 0.1) is 11.6 Å². The van der Waals surface area contributed by atoms with E-state index in [2.05, 4.69) is 20.6 Å². The number of benzene rings is 2. The van der Waals surface area contributed by atoms with Crippen molar-refractivity contribution in [3.05, 3.63) is 65.5 Å². The van der Waals surface area contributed by atoms with E-state index in [1.54, 1.807) is 31.2 Å². The minimum Gasteiger partial charge on any atom is -0.391 e. The van der Waals surface area contributed by atoms with Crippen molar-refractivity contribution in [2.45, 2.75) is 44.9 Å². The van der Waals surface area contributed by atoms with E-state index < -0.39 is 35.8 Å². The summed E-state index contributed by atoms with van der Waals surface area (Å²) in [6.45, 7) is 3.05. The monoisotopic (exact) mass is 430 g/mol. The third-order valence-electron chi connectivity index (χ3n) is 4.89. The van der Waals surface area contributed by atoms with Crippen molar-refractivity contribution in [2.75, 3.05) is 0 Å². The van der Waals surface area contributed by atoms with Gasteiger partial charge in [-0.25, -0.2) is 13.8 Å². The number of amides is 2. The smallest absolute Gasteiger partial charge is 0.245 e. The van der Waals surface area contributed by atoms with E-state index in [9.17, 15) is 23.5 Å². The Hall–Kier alpha value is -3.33. The van der Waals surface area contributed by atoms with Crippen LogP contribution in [0.3, 0.4) is 0 Å². The van der Waals surface area contributed by atoms with Crippen LogP contribution in [0.15, 0.2) is 42.5 Å². The van der Waals surface area contributed by atoms with Crippen LogP contribution in [0.4, 0.5) is 8.78 Å². The summed E-state index contributed by atoms with van der Waals surface area (Å²) < 4.78 is 26.8. The number of carbonyl (C=O) groups excluding carboxylic acids is 2. The van der Waals surface area contributed by atoms with Gasteiger partial charge in [-0.05, 0) is 50.1 Å². The lowest BCUT2D eigenvalue weighted by Crippen LogP contribution is -2.52. The van der Waals surface area contributed by atoms with Crippen molar-refractivity contribution in [3.8, 4) is 0 Å². The Labute approximate surface area is 177 Å². The summed E-state index contributed by atoms with van der Waals surface area (Å²) in [4.78, 5) is 32.1. The summed E-state index contributed by atoms with van der Waals surface area (Å²) in [7, 11) is 0. The highest BCUT2D eigenvalue weighted by Crippen LogP contribution is 2.18. The van der Waals surface area contributed by atoms with Gasteiger partial charge >= 0.3 is 0 Å². The highest BCUT2D eigenvalue weighted by molar-refractivity contribution is 5.88. The predicted octanol–water partition coefficient (Wildman–Crippen LogP) is 2.52. The lowest BCUT2D eigenvalue weighted by atomic mass is 10.1. The summed E-state index contributed by atoms with van der Waals surface area (Å²) in [5.41, 5.74) is 1.44. The number of aromatic amines is 1. The van der Waals surface area contributed by atoms with Crippen LogP contribution in [-0.2, 0) is 16.0 Å². The van der Waals surface area contributed by atoms with E-state index in [0.29, 0.717) is 17.8 Å². The molecule has 3 aromatic rings.